The van der Waals surface area contributed by atoms with E-state index in [1.807, 2.05) is 6.08 Å². The fraction of sp³-hybridized carbons (Fsp3) is 0.909. The first-order valence-electron chi connectivity index (χ1n) is 28.6. The van der Waals surface area contributed by atoms with Gasteiger partial charge in [-0.25, -0.2) is 0 Å². The van der Waals surface area contributed by atoms with Crippen molar-refractivity contribution in [1.82, 2.24) is 5.32 Å². The zero-order valence-electron chi connectivity index (χ0n) is 44.8. The molecule has 0 spiro atoms. The predicted molar refractivity (Wildman–Crippen MR) is 277 cm³/mol. The molecule has 0 saturated carbocycles. The van der Waals surface area contributed by atoms with E-state index in [0.29, 0.717) is 6.42 Å². The fourth-order valence-corrected chi connectivity index (χ4v) is 9.71. The van der Waals surface area contributed by atoms with Crippen molar-refractivity contribution in [2.45, 2.75) is 291 Å². The van der Waals surface area contributed by atoms with Crippen LogP contribution in [0.3, 0.4) is 0 Å². The lowest BCUT2D eigenvalue weighted by molar-refractivity contribution is -0.379. The number of hydrogen-bond acceptors (Lipinski definition) is 18. The molecule has 17 atom stereocenters. The van der Waals surface area contributed by atoms with Gasteiger partial charge in [-0.2, -0.15) is 0 Å². The van der Waals surface area contributed by atoms with Gasteiger partial charge < -0.3 is 89.9 Å². The summed E-state index contributed by atoms with van der Waals surface area (Å²) in [5.41, 5.74) is 0. The van der Waals surface area contributed by atoms with Gasteiger partial charge in [-0.05, 0) is 44.9 Å². The first-order valence-corrected chi connectivity index (χ1v) is 28.6. The van der Waals surface area contributed by atoms with Crippen molar-refractivity contribution >= 4 is 5.91 Å². The van der Waals surface area contributed by atoms with Crippen molar-refractivity contribution in [3.8, 4) is 0 Å². The molecule has 74 heavy (non-hydrogen) atoms. The maximum absolute atomic E-state index is 13.3. The quantitative estimate of drug-likeness (QED) is 0.0304. The first-order chi connectivity index (χ1) is 35.8. The molecule has 0 aliphatic carbocycles. The third-order valence-corrected chi connectivity index (χ3v) is 14.5. The summed E-state index contributed by atoms with van der Waals surface area (Å²) in [6, 6.07) is -0.973. The van der Waals surface area contributed by atoms with E-state index in [1.165, 1.54) is 96.3 Å². The Labute approximate surface area is 441 Å². The third kappa shape index (κ3) is 24.1. The fourth-order valence-electron chi connectivity index (χ4n) is 9.71. The molecule has 17 unspecified atom stereocenters. The molecule has 12 N–H and O–H groups in total. The molecule has 0 bridgehead atoms. The average molecular weight is 1060 g/mol. The Morgan fingerprint density at radius 3 is 1.32 bits per heavy atom. The minimum atomic E-state index is -1.98. The van der Waals surface area contributed by atoms with Crippen molar-refractivity contribution in [3.63, 3.8) is 0 Å². The van der Waals surface area contributed by atoms with E-state index in [2.05, 4.69) is 31.3 Å². The van der Waals surface area contributed by atoms with E-state index in [9.17, 15) is 61.0 Å². The number of amides is 1. The van der Waals surface area contributed by atoms with Crippen molar-refractivity contribution in [2.24, 2.45) is 0 Å². The van der Waals surface area contributed by atoms with Crippen molar-refractivity contribution in [2.75, 3.05) is 26.4 Å². The third-order valence-electron chi connectivity index (χ3n) is 14.5. The summed E-state index contributed by atoms with van der Waals surface area (Å²) in [4.78, 5) is 13.3. The summed E-state index contributed by atoms with van der Waals surface area (Å²) < 4.78 is 34.2. The molecule has 3 fully saturated rings. The SMILES string of the molecule is CCCCCC/C=C\CCCCCCCC(=O)NC(COC1OC(CO)C(OC2OC(CO)C(OC3OC(CO)C(O)C(O)C3O)C(O)C2O)C(O)C1O)C(O)/C=C/CCCCCCCCCCCCCCCC. The number of carbonyl (C=O) groups is 1. The van der Waals surface area contributed by atoms with Crippen LogP contribution in [0.4, 0.5) is 0 Å². The van der Waals surface area contributed by atoms with Gasteiger partial charge in [-0.1, -0.05) is 160 Å². The molecule has 3 aliphatic rings. The Morgan fingerprint density at radius 2 is 0.851 bits per heavy atom. The lowest BCUT2D eigenvalue weighted by Gasteiger charge is -2.48. The number of ether oxygens (including phenoxy) is 6. The number of aliphatic hydroxyl groups is 11. The van der Waals surface area contributed by atoms with Crippen molar-refractivity contribution in [1.29, 1.82) is 0 Å². The van der Waals surface area contributed by atoms with E-state index < -0.39 is 124 Å². The van der Waals surface area contributed by atoms with Gasteiger partial charge in [0.25, 0.3) is 0 Å². The summed E-state index contributed by atoms with van der Waals surface area (Å²) in [6.45, 7) is 1.68. The molecule has 3 heterocycles. The van der Waals surface area contributed by atoms with Gasteiger partial charge in [-0.3, -0.25) is 4.79 Å². The summed E-state index contributed by atoms with van der Waals surface area (Å²) in [7, 11) is 0. The van der Waals surface area contributed by atoms with Crippen LogP contribution < -0.4 is 5.32 Å². The Balaban J connectivity index is 1.54. The number of rotatable bonds is 41. The Bertz CT molecular complexity index is 1460. The highest BCUT2D eigenvalue weighted by atomic mass is 16.8. The molecule has 3 aliphatic heterocycles. The number of aliphatic hydroxyl groups excluding tert-OH is 11. The Kier molecular flexibility index (Phi) is 35.6. The summed E-state index contributed by atoms with van der Waals surface area (Å²) in [6.07, 6.45) is 11.6. The molecule has 434 valence electrons. The normalized spacial score (nSPS) is 31.6. The highest BCUT2D eigenvalue weighted by Crippen LogP contribution is 2.33. The molecule has 0 aromatic rings. The number of unbranched alkanes of at least 4 members (excludes halogenated alkanes) is 23. The standard InChI is InChI=1S/C55H101NO18/c1-3-5-7-9-11-13-15-17-18-19-21-22-24-26-28-30-32-39(60)38(56-43(61)33-31-29-27-25-23-20-16-14-12-10-8-6-4-2)37-69-53-49(67)46(64)51(41(35-58)71-53)74-55-50(68)47(65)52(42(36-59)72-55)73-54-48(66)45(63)44(62)40(34-57)70-54/h14,16,30,32,38-42,44-55,57-60,62-68H,3-13,15,17-29,31,33-37H2,1-2H3,(H,56,61)/b16-14-,32-30+. The van der Waals surface area contributed by atoms with Crippen LogP contribution in [0.25, 0.3) is 0 Å². The maximum atomic E-state index is 13.3. The van der Waals surface area contributed by atoms with Gasteiger partial charge in [0.05, 0.1) is 38.6 Å². The number of carbonyl (C=O) groups excluding carboxylic acids is 1. The zero-order valence-corrected chi connectivity index (χ0v) is 44.8. The number of nitrogens with one attached hydrogen (secondary N) is 1. The van der Waals surface area contributed by atoms with Crippen LogP contribution in [0.5, 0.6) is 0 Å². The van der Waals surface area contributed by atoms with Crippen LogP contribution in [-0.2, 0) is 33.2 Å². The van der Waals surface area contributed by atoms with Gasteiger partial charge >= 0.3 is 0 Å². The molecule has 0 aromatic heterocycles. The van der Waals surface area contributed by atoms with Crippen molar-refractivity contribution < 1.29 is 89.4 Å². The summed E-state index contributed by atoms with van der Waals surface area (Å²) in [5.74, 6) is -0.286. The van der Waals surface area contributed by atoms with Crippen LogP contribution >= 0.6 is 0 Å². The average Bonchev–Trinajstić information content (AvgIpc) is 3.40. The molecule has 1 amide bonds. The van der Waals surface area contributed by atoms with Crippen LogP contribution in [0, 0.1) is 0 Å². The molecule has 3 rings (SSSR count). The predicted octanol–water partition coefficient (Wildman–Crippen LogP) is 3.98. The molecule has 3 saturated heterocycles. The molecular weight excluding hydrogens is 963 g/mol. The van der Waals surface area contributed by atoms with Gasteiger partial charge in [0.15, 0.2) is 18.9 Å². The van der Waals surface area contributed by atoms with Gasteiger partial charge in [0.2, 0.25) is 5.91 Å². The summed E-state index contributed by atoms with van der Waals surface area (Å²) >= 11 is 0. The van der Waals surface area contributed by atoms with Gasteiger partial charge in [-0.15, -0.1) is 0 Å². The molecule has 19 nitrogen and oxygen atoms in total. The Hall–Kier alpha value is -1.73. The van der Waals surface area contributed by atoms with Gasteiger partial charge in [0, 0.05) is 6.42 Å². The lowest BCUT2D eigenvalue weighted by Crippen LogP contribution is -2.66. The smallest absolute Gasteiger partial charge is 0.220 e. The Morgan fingerprint density at radius 1 is 0.473 bits per heavy atom. The largest absolute Gasteiger partial charge is 0.394 e. The molecular formula is C55H101NO18. The van der Waals surface area contributed by atoms with Crippen LogP contribution in [0.2, 0.25) is 0 Å². The van der Waals surface area contributed by atoms with E-state index in [4.69, 9.17) is 28.4 Å². The van der Waals surface area contributed by atoms with E-state index >= 15 is 0 Å². The number of allylic oxidation sites excluding steroid dienone is 3. The van der Waals surface area contributed by atoms with Gasteiger partial charge in [0.1, 0.15) is 73.2 Å². The highest BCUT2D eigenvalue weighted by molar-refractivity contribution is 5.76. The van der Waals surface area contributed by atoms with E-state index in [1.54, 1.807) is 6.08 Å². The van der Waals surface area contributed by atoms with Crippen molar-refractivity contribution in [3.05, 3.63) is 24.3 Å². The lowest BCUT2D eigenvalue weighted by atomic mass is 9.96. The molecule has 0 radical (unpaired) electrons. The van der Waals surface area contributed by atoms with Crippen LogP contribution in [0.15, 0.2) is 24.3 Å². The second kappa shape index (κ2) is 39.6. The maximum Gasteiger partial charge on any atom is 0.220 e. The minimum absolute atomic E-state index is 0.234. The summed E-state index contributed by atoms with van der Waals surface area (Å²) in [5, 5.41) is 120. The topological polar surface area (TPSA) is 307 Å². The van der Waals surface area contributed by atoms with E-state index in [-0.39, 0.29) is 18.9 Å². The van der Waals surface area contributed by atoms with E-state index in [0.717, 1.165) is 64.2 Å². The highest BCUT2D eigenvalue weighted by Gasteiger charge is 2.53. The first kappa shape index (κ1) is 66.5. The number of hydrogen-bond donors (Lipinski definition) is 12. The van der Waals surface area contributed by atoms with Crippen LogP contribution in [-0.4, -0.2) is 193 Å². The van der Waals surface area contributed by atoms with Crippen LogP contribution in [0.1, 0.15) is 187 Å². The second-order valence-electron chi connectivity index (χ2n) is 20.8. The monoisotopic (exact) mass is 1060 g/mol. The second-order valence-corrected chi connectivity index (χ2v) is 20.8. The zero-order chi connectivity index (χ0) is 54.1. The minimum Gasteiger partial charge on any atom is -0.394 e. The molecule has 19 heteroatoms. The molecule has 0 aromatic carbocycles.